The lowest BCUT2D eigenvalue weighted by Crippen LogP contribution is -2.33. The summed E-state index contributed by atoms with van der Waals surface area (Å²) in [6.45, 7) is 0. The minimum Gasteiger partial charge on any atom is -0.469 e. The Bertz CT molecular complexity index is 332. The molecule has 2 aliphatic rings. The highest BCUT2D eigenvalue weighted by Gasteiger charge is 2.33. The first-order chi connectivity index (χ1) is 8.13. The van der Waals surface area contributed by atoms with Gasteiger partial charge in [0, 0.05) is 0 Å². The second-order valence-corrected chi connectivity index (χ2v) is 5.42. The molecule has 0 saturated heterocycles. The first kappa shape index (κ1) is 12.6. The predicted octanol–water partition coefficient (Wildman–Crippen LogP) is 2.73. The van der Waals surface area contributed by atoms with Gasteiger partial charge in [0.2, 0.25) is 0 Å². The molecule has 0 aromatic carbocycles. The highest BCUT2D eigenvalue weighted by atomic mass is 16.5. The molecule has 0 spiro atoms. The Morgan fingerprint density at radius 2 is 2.06 bits per heavy atom. The number of fused-ring (bicyclic) bond motifs is 2. The van der Waals surface area contributed by atoms with Gasteiger partial charge in [-0.1, -0.05) is 17.6 Å². The van der Waals surface area contributed by atoms with Gasteiger partial charge in [0.25, 0.3) is 0 Å². The van der Waals surface area contributed by atoms with Crippen LogP contribution in [-0.4, -0.2) is 23.8 Å². The number of aliphatic hydroxyl groups is 1. The molecule has 1 saturated carbocycles. The first-order valence-corrected chi connectivity index (χ1v) is 6.62. The molecule has 1 N–H and O–H groups in total. The molecule has 3 heteroatoms. The second kappa shape index (κ2) is 5.21. The number of carbonyl (C=O) groups is 1. The third kappa shape index (κ3) is 3.09. The van der Waals surface area contributed by atoms with E-state index in [1.165, 1.54) is 18.3 Å². The molecular weight excluding hydrogens is 216 g/mol. The number of hydrogen-bond donors (Lipinski definition) is 1. The fraction of sp³-hybridized carbons (Fsp3) is 0.786. The summed E-state index contributed by atoms with van der Waals surface area (Å²) in [7, 11) is 1.44. The van der Waals surface area contributed by atoms with Gasteiger partial charge < -0.3 is 9.84 Å². The molecule has 2 bridgehead atoms. The van der Waals surface area contributed by atoms with Crippen LogP contribution in [0.3, 0.4) is 0 Å². The van der Waals surface area contributed by atoms with Gasteiger partial charge in [-0.15, -0.1) is 0 Å². The summed E-state index contributed by atoms with van der Waals surface area (Å²) in [4.78, 5) is 11.4. The highest BCUT2D eigenvalue weighted by Crippen LogP contribution is 2.40. The third-order valence-electron chi connectivity index (χ3n) is 4.12. The molecule has 0 aromatic heterocycles. The van der Waals surface area contributed by atoms with Crippen LogP contribution < -0.4 is 0 Å². The Hall–Kier alpha value is -0.830. The zero-order chi connectivity index (χ0) is 12.3. The van der Waals surface area contributed by atoms with E-state index in [0.29, 0.717) is 6.42 Å². The summed E-state index contributed by atoms with van der Waals surface area (Å²) in [5, 5.41) is 10.5. The fourth-order valence-corrected chi connectivity index (χ4v) is 3.15. The van der Waals surface area contributed by atoms with Gasteiger partial charge in [-0.05, 0) is 44.9 Å². The second-order valence-electron chi connectivity index (χ2n) is 5.42. The van der Waals surface area contributed by atoms with E-state index in [9.17, 15) is 9.90 Å². The van der Waals surface area contributed by atoms with Crippen molar-refractivity contribution in [2.75, 3.05) is 7.11 Å². The number of rotatable bonds is 2. The zero-order valence-corrected chi connectivity index (χ0v) is 10.6. The largest absolute Gasteiger partial charge is 0.469 e. The number of esters is 1. The van der Waals surface area contributed by atoms with Crippen LogP contribution in [0.4, 0.5) is 0 Å². The van der Waals surface area contributed by atoms with E-state index >= 15 is 0 Å². The number of methoxy groups -OCH3 is 1. The molecule has 0 aliphatic heterocycles. The molecule has 0 aromatic rings. The standard InChI is InChI=1S/C14H22O3/c1-17-13(15)9-11-5-2-3-7-14(16)8-4-6-12(11)10-14/h16H,2-10H2,1H3/b12-11-. The van der Waals surface area contributed by atoms with Crippen molar-refractivity contribution in [1.82, 2.24) is 0 Å². The van der Waals surface area contributed by atoms with Crippen molar-refractivity contribution in [2.45, 2.75) is 63.4 Å². The van der Waals surface area contributed by atoms with Crippen molar-refractivity contribution < 1.29 is 14.6 Å². The van der Waals surface area contributed by atoms with Crippen molar-refractivity contribution in [1.29, 1.82) is 0 Å². The van der Waals surface area contributed by atoms with E-state index in [2.05, 4.69) is 0 Å². The van der Waals surface area contributed by atoms with Crippen molar-refractivity contribution in [3.63, 3.8) is 0 Å². The molecule has 2 rings (SSSR count). The highest BCUT2D eigenvalue weighted by molar-refractivity contribution is 5.72. The molecule has 96 valence electrons. The maximum absolute atomic E-state index is 11.4. The molecular formula is C14H22O3. The summed E-state index contributed by atoms with van der Waals surface area (Å²) >= 11 is 0. The molecule has 1 fully saturated rings. The van der Waals surface area contributed by atoms with Gasteiger partial charge in [-0.25, -0.2) is 0 Å². The van der Waals surface area contributed by atoms with E-state index < -0.39 is 5.60 Å². The lowest BCUT2D eigenvalue weighted by molar-refractivity contribution is -0.139. The summed E-state index contributed by atoms with van der Waals surface area (Å²) in [6, 6.07) is 0. The Balaban J connectivity index is 2.18. The van der Waals surface area contributed by atoms with Crippen LogP contribution in [0.25, 0.3) is 0 Å². The van der Waals surface area contributed by atoms with Crippen molar-refractivity contribution >= 4 is 5.97 Å². The minimum absolute atomic E-state index is 0.151. The van der Waals surface area contributed by atoms with Crippen molar-refractivity contribution in [3.8, 4) is 0 Å². The summed E-state index contributed by atoms with van der Waals surface area (Å²) < 4.78 is 4.75. The molecule has 1 unspecified atom stereocenters. The van der Waals surface area contributed by atoms with Gasteiger partial charge in [-0.2, -0.15) is 0 Å². The van der Waals surface area contributed by atoms with E-state index in [0.717, 1.165) is 51.4 Å². The van der Waals surface area contributed by atoms with Gasteiger partial charge in [-0.3, -0.25) is 4.79 Å². The normalized spacial score (nSPS) is 33.8. The van der Waals surface area contributed by atoms with Crippen molar-refractivity contribution in [3.05, 3.63) is 11.1 Å². The lowest BCUT2D eigenvalue weighted by atomic mass is 9.74. The molecule has 1 atom stereocenters. The Kier molecular flexibility index (Phi) is 3.87. The minimum atomic E-state index is -0.491. The van der Waals surface area contributed by atoms with Crippen LogP contribution >= 0.6 is 0 Å². The molecule has 17 heavy (non-hydrogen) atoms. The van der Waals surface area contributed by atoms with Gasteiger partial charge in [0.05, 0.1) is 19.1 Å². The van der Waals surface area contributed by atoms with Crippen LogP contribution in [-0.2, 0) is 9.53 Å². The molecule has 0 heterocycles. The molecule has 0 amide bonds. The lowest BCUT2D eigenvalue weighted by Gasteiger charge is -2.36. The molecule has 2 aliphatic carbocycles. The van der Waals surface area contributed by atoms with Crippen LogP contribution in [0, 0.1) is 0 Å². The Labute approximate surface area is 103 Å². The molecule has 3 nitrogen and oxygen atoms in total. The maximum Gasteiger partial charge on any atom is 0.309 e. The van der Waals surface area contributed by atoms with E-state index in [4.69, 9.17) is 4.74 Å². The van der Waals surface area contributed by atoms with Crippen LogP contribution in [0.2, 0.25) is 0 Å². The van der Waals surface area contributed by atoms with E-state index in [-0.39, 0.29) is 5.97 Å². The van der Waals surface area contributed by atoms with Crippen molar-refractivity contribution in [2.24, 2.45) is 0 Å². The monoisotopic (exact) mass is 238 g/mol. The Morgan fingerprint density at radius 3 is 2.82 bits per heavy atom. The number of ether oxygens (including phenoxy) is 1. The average Bonchev–Trinajstić information content (AvgIpc) is 2.31. The third-order valence-corrected chi connectivity index (χ3v) is 4.12. The zero-order valence-electron chi connectivity index (χ0n) is 10.6. The quantitative estimate of drug-likeness (QED) is 0.594. The summed E-state index contributed by atoms with van der Waals surface area (Å²) in [6.07, 6.45) is 8.28. The number of hydrogen-bond acceptors (Lipinski definition) is 3. The van der Waals surface area contributed by atoms with Crippen LogP contribution in [0.15, 0.2) is 11.1 Å². The fourth-order valence-electron chi connectivity index (χ4n) is 3.15. The maximum atomic E-state index is 11.4. The smallest absolute Gasteiger partial charge is 0.309 e. The van der Waals surface area contributed by atoms with Gasteiger partial charge in [0.1, 0.15) is 0 Å². The summed E-state index contributed by atoms with van der Waals surface area (Å²) in [5.41, 5.74) is 2.06. The predicted molar refractivity (Wildman–Crippen MR) is 65.5 cm³/mol. The van der Waals surface area contributed by atoms with E-state index in [1.807, 2.05) is 0 Å². The van der Waals surface area contributed by atoms with Crippen LogP contribution in [0.5, 0.6) is 0 Å². The van der Waals surface area contributed by atoms with E-state index in [1.54, 1.807) is 0 Å². The SMILES string of the molecule is COC(=O)C/C1=C2/CCCC(O)(CCCC1)C2. The molecule has 0 radical (unpaired) electrons. The van der Waals surface area contributed by atoms with Gasteiger partial charge in [0.15, 0.2) is 0 Å². The average molecular weight is 238 g/mol. The van der Waals surface area contributed by atoms with Gasteiger partial charge >= 0.3 is 5.97 Å². The van der Waals surface area contributed by atoms with Crippen LogP contribution in [0.1, 0.15) is 57.8 Å². The topological polar surface area (TPSA) is 46.5 Å². The number of carbonyl (C=O) groups excluding carboxylic acids is 1. The first-order valence-electron chi connectivity index (χ1n) is 6.62. The summed E-state index contributed by atoms with van der Waals surface area (Å²) in [5.74, 6) is -0.151. The Morgan fingerprint density at radius 1 is 1.29 bits per heavy atom.